The second-order valence-corrected chi connectivity index (χ2v) is 2.96. The minimum absolute atomic E-state index is 0. The largest absolute Gasteiger partial charge is 0.396 e. The monoisotopic (exact) mass is 242 g/mol. The SMILES string of the molecule is Cl.NC(=O)c1nnc2c(F)cccc2c1N. The summed E-state index contributed by atoms with van der Waals surface area (Å²) >= 11 is 0. The van der Waals surface area contributed by atoms with Crippen molar-refractivity contribution in [1.82, 2.24) is 10.2 Å². The van der Waals surface area contributed by atoms with Crippen molar-refractivity contribution in [3.05, 3.63) is 29.7 Å². The first kappa shape index (κ1) is 12.1. The van der Waals surface area contributed by atoms with Gasteiger partial charge in [-0.3, -0.25) is 4.79 Å². The summed E-state index contributed by atoms with van der Waals surface area (Å²) in [7, 11) is 0. The van der Waals surface area contributed by atoms with Gasteiger partial charge >= 0.3 is 0 Å². The quantitative estimate of drug-likeness (QED) is 0.776. The Hall–Kier alpha value is -1.95. The molecule has 0 aliphatic rings. The van der Waals surface area contributed by atoms with Gasteiger partial charge in [-0.15, -0.1) is 22.6 Å². The van der Waals surface area contributed by atoms with E-state index in [0.29, 0.717) is 5.39 Å². The van der Waals surface area contributed by atoms with E-state index in [-0.39, 0.29) is 29.3 Å². The summed E-state index contributed by atoms with van der Waals surface area (Å²) in [4.78, 5) is 10.9. The number of nitrogens with two attached hydrogens (primary N) is 2. The van der Waals surface area contributed by atoms with Gasteiger partial charge in [-0.05, 0) is 6.07 Å². The normalized spacial score (nSPS) is 9.81. The van der Waals surface area contributed by atoms with Crippen LogP contribution in [0.1, 0.15) is 10.5 Å². The molecule has 7 heteroatoms. The van der Waals surface area contributed by atoms with Crippen LogP contribution in [0.15, 0.2) is 18.2 Å². The molecule has 4 N–H and O–H groups in total. The summed E-state index contributed by atoms with van der Waals surface area (Å²) in [5, 5.41) is 7.37. The summed E-state index contributed by atoms with van der Waals surface area (Å²) in [6.07, 6.45) is 0. The first-order chi connectivity index (χ1) is 7.11. The van der Waals surface area contributed by atoms with Gasteiger partial charge in [0.25, 0.3) is 5.91 Å². The average molecular weight is 243 g/mol. The summed E-state index contributed by atoms with van der Waals surface area (Å²) < 4.78 is 13.2. The molecule has 0 saturated heterocycles. The van der Waals surface area contributed by atoms with Gasteiger partial charge in [0, 0.05) is 5.39 Å². The fourth-order valence-electron chi connectivity index (χ4n) is 1.30. The van der Waals surface area contributed by atoms with E-state index in [2.05, 4.69) is 10.2 Å². The number of nitrogen functional groups attached to an aromatic ring is 1. The van der Waals surface area contributed by atoms with Crippen molar-refractivity contribution >= 4 is 34.9 Å². The second-order valence-electron chi connectivity index (χ2n) is 2.96. The third-order valence-electron chi connectivity index (χ3n) is 2.02. The lowest BCUT2D eigenvalue weighted by Gasteiger charge is -2.04. The highest BCUT2D eigenvalue weighted by atomic mass is 35.5. The van der Waals surface area contributed by atoms with Crippen LogP contribution >= 0.6 is 12.4 Å². The number of amides is 1. The molecule has 1 amide bonds. The van der Waals surface area contributed by atoms with E-state index < -0.39 is 11.7 Å². The maximum absolute atomic E-state index is 13.2. The third kappa shape index (κ3) is 1.74. The molecule has 0 unspecified atom stereocenters. The topological polar surface area (TPSA) is 94.9 Å². The van der Waals surface area contributed by atoms with Crippen LogP contribution in [0.5, 0.6) is 0 Å². The molecule has 0 bridgehead atoms. The first-order valence-electron chi connectivity index (χ1n) is 4.11. The van der Waals surface area contributed by atoms with Crippen LogP contribution in [-0.4, -0.2) is 16.1 Å². The Morgan fingerprint density at radius 3 is 2.62 bits per heavy atom. The maximum atomic E-state index is 13.2. The lowest BCUT2D eigenvalue weighted by Crippen LogP contribution is -2.16. The number of carbonyl (C=O) groups is 1. The number of carbonyl (C=O) groups excluding carboxylic acids is 1. The van der Waals surface area contributed by atoms with E-state index in [1.54, 1.807) is 6.07 Å². The highest BCUT2D eigenvalue weighted by Gasteiger charge is 2.13. The molecule has 0 spiro atoms. The Balaban J connectivity index is 0.00000128. The van der Waals surface area contributed by atoms with E-state index in [9.17, 15) is 9.18 Å². The number of primary amides is 1. The summed E-state index contributed by atoms with van der Waals surface area (Å²) in [5.41, 5.74) is 10.6. The van der Waals surface area contributed by atoms with Gasteiger partial charge in [-0.2, -0.15) is 0 Å². The molecule has 84 valence electrons. The van der Waals surface area contributed by atoms with Gasteiger partial charge in [-0.25, -0.2) is 4.39 Å². The number of rotatable bonds is 1. The zero-order valence-electron chi connectivity index (χ0n) is 7.98. The predicted octanol–water partition coefficient (Wildman–Crippen LogP) is 0.872. The van der Waals surface area contributed by atoms with Crippen LogP contribution in [0.2, 0.25) is 0 Å². The van der Waals surface area contributed by atoms with Crippen LogP contribution in [-0.2, 0) is 0 Å². The molecule has 0 radical (unpaired) electrons. The van der Waals surface area contributed by atoms with Crippen molar-refractivity contribution in [2.24, 2.45) is 5.73 Å². The fourth-order valence-corrected chi connectivity index (χ4v) is 1.30. The van der Waals surface area contributed by atoms with Crippen molar-refractivity contribution in [2.75, 3.05) is 5.73 Å². The highest BCUT2D eigenvalue weighted by molar-refractivity contribution is 6.03. The van der Waals surface area contributed by atoms with Gasteiger partial charge in [0.1, 0.15) is 5.52 Å². The molecule has 16 heavy (non-hydrogen) atoms. The summed E-state index contributed by atoms with van der Waals surface area (Å²) in [6.45, 7) is 0. The molecule has 0 fully saturated rings. The second kappa shape index (κ2) is 4.28. The van der Waals surface area contributed by atoms with Crippen LogP contribution in [0.3, 0.4) is 0 Å². The number of nitrogens with zero attached hydrogens (tertiary/aromatic N) is 2. The minimum Gasteiger partial charge on any atom is -0.396 e. The Morgan fingerprint density at radius 2 is 2.00 bits per heavy atom. The van der Waals surface area contributed by atoms with Gasteiger partial charge in [0.2, 0.25) is 0 Å². The molecule has 0 saturated carbocycles. The van der Waals surface area contributed by atoms with Crippen LogP contribution in [0.4, 0.5) is 10.1 Å². The standard InChI is InChI=1S/C9H7FN4O.ClH/c10-5-3-1-2-4-6(11)8(9(12)15)14-13-7(4)5;/h1-3H,(H2,11,13)(H2,12,15);1H. The Kier molecular flexibility index (Phi) is 3.24. The van der Waals surface area contributed by atoms with Gasteiger partial charge in [0.05, 0.1) is 5.69 Å². The van der Waals surface area contributed by atoms with Crippen molar-refractivity contribution < 1.29 is 9.18 Å². The third-order valence-corrected chi connectivity index (χ3v) is 2.02. The van der Waals surface area contributed by atoms with Gasteiger partial charge in [-0.1, -0.05) is 12.1 Å². The van der Waals surface area contributed by atoms with Crippen molar-refractivity contribution in [3.8, 4) is 0 Å². The number of hydrogen-bond donors (Lipinski definition) is 2. The Bertz CT molecular complexity index is 560. The molecule has 5 nitrogen and oxygen atoms in total. The minimum atomic E-state index is -0.786. The number of anilines is 1. The van der Waals surface area contributed by atoms with E-state index in [4.69, 9.17) is 11.5 Å². The molecule has 0 aliphatic carbocycles. The first-order valence-corrected chi connectivity index (χ1v) is 4.11. The van der Waals surface area contributed by atoms with Gasteiger partial charge < -0.3 is 11.5 Å². The van der Waals surface area contributed by atoms with E-state index in [1.807, 2.05) is 0 Å². The van der Waals surface area contributed by atoms with Crippen LogP contribution < -0.4 is 11.5 Å². The molecule has 0 aliphatic heterocycles. The Morgan fingerprint density at radius 1 is 1.31 bits per heavy atom. The molecule has 0 atom stereocenters. The molecule has 1 aromatic carbocycles. The van der Waals surface area contributed by atoms with E-state index in [1.165, 1.54) is 12.1 Å². The zero-order valence-corrected chi connectivity index (χ0v) is 8.79. The number of halogens is 2. The highest BCUT2D eigenvalue weighted by Crippen LogP contribution is 2.22. The molecular formula is C9H8ClFN4O. The van der Waals surface area contributed by atoms with E-state index >= 15 is 0 Å². The molecule has 2 aromatic rings. The molecule has 1 aromatic heterocycles. The molecule has 2 rings (SSSR count). The summed E-state index contributed by atoms with van der Waals surface area (Å²) in [6, 6.07) is 4.26. The van der Waals surface area contributed by atoms with Gasteiger partial charge in [0.15, 0.2) is 11.5 Å². The molecular weight excluding hydrogens is 235 g/mol. The smallest absolute Gasteiger partial charge is 0.271 e. The molecule has 1 heterocycles. The maximum Gasteiger partial charge on any atom is 0.271 e. The number of benzene rings is 1. The van der Waals surface area contributed by atoms with Crippen molar-refractivity contribution in [3.63, 3.8) is 0 Å². The summed E-state index contributed by atoms with van der Waals surface area (Å²) in [5.74, 6) is -1.33. The number of hydrogen-bond acceptors (Lipinski definition) is 4. The van der Waals surface area contributed by atoms with Crippen molar-refractivity contribution in [1.29, 1.82) is 0 Å². The van der Waals surface area contributed by atoms with Crippen LogP contribution in [0, 0.1) is 5.82 Å². The van der Waals surface area contributed by atoms with Crippen molar-refractivity contribution in [2.45, 2.75) is 0 Å². The lowest BCUT2D eigenvalue weighted by molar-refractivity contribution is 0.0995. The predicted molar refractivity (Wildman–Crippen MR) is 59.7 cm³/mol. The fraction of sp³-hybridized carbons (Fsp3) is 0. The number of fused-ring (bicyclic) bond motifs is 1. The number of aromatic nitrogens is 2. The lowest BCUT2D eigenvalue weighted by atomic mass is 10.1. The van der Waals surface area contributed by atoms with E-state index in [0.717, 1.165) is 0 Å². The zero-order chi connectivity index (χ0) is 11.0. The average Bonchev–Trinajstić information content (AvgIpc) is 2.19. The van der Waals surface area contributed by atoms with Crippen LogP contribution in [0.25, 0.3) is 10.9 Å². The Labute approximate surface area is 96.0 Å².